The molecule has 0 radical (unpaired) electrons. The van der Waals surface area contributed by atoms with Crippen LogP contribution in [0.3, 0.4) is 0 Å². The van der Waals surface area contributed by atoms with Gasteiger partial charge in [-0.1, -0.05) is 11.8 Å². The van der Waals surface area contributed by atoms with E-state index in [9.17, 15) is 9.18 Å². The van der Waals surface area contributed by atoms with E-state index in [0.717, 1.165) is 0 Å². The van der Waals surface area contributed by atoms with Gasteiger partial charge >= 0.3 is 0 Å². The van der Waals surface area contributed by atoms with Crippen LogP contribution in [0.25, 0.3) is 0 Å². The van der Waals surface area contributed by atoms with Crippen molar-refractivity contribution in [3.63, 3.8) is 0 Å². The van der Waals surface area contributed by atoms with Gasteiger partial charge in [0.25, 0.3) is 5.91 Å². The molecule has 0 unspecified atom stereocenters. The van der Waals surface area contributed by atoms with Gasteiger partial charge in [0.15, 0.2) is 6.61 Å². The number of ether oxygens (including phenoxy) is 2. The number of aromatic nitrogens is 1. The third-order valence-electron chi connectivity index (χ3n) is 2.63. The number of amides is 1. The zero-order valence-electron chi connectivity index (χ0n) is 12.3. The highest BCUT2D eigenvalue weighted by atomic mass is 19.1. The minimum absolute atomic E-state index is 0.153. The van der Waals surface area contributed by atoms with Crippen LogP contribution in [0.4, 0.5) is 4.39 Å². The quantitative estimate of drug-likeness (QED) is 0.826. The summed E-state index contributed by atoms with van der Waals surface area (Å²) in [5.74, 6) is 5.93. The van der Waals surface area contributed by atoms with Gasteiger partial charge in [0.1, 0.15) is 23.9 Å². The summed E-state index contributed by atoms with van der Waals surface area (Å²) in [7, 11) is 0. The second-order valence-corrected chi connectivity index (χ2v) is 4.35. The Balaban J connectivity index is 1.59. The molecule has 0 fully saturated rings. The predicted molar refractivity (Wildman–Crippen MR) is 82.4 cm³/mol. The van der Waals surface area contributed by atoms with Crippen LogP contribution in [0.15, 0.2) is 48.8 Å². The third kappa shape index (κ3) is 6.48. The van der Waals surface area contributed by atoms with Crippen molar-refractivity contribution in [2.45, 2.75) is 0 Å². The zero-order chi connectivity index (χ0) is 16.3. The minimum Gasteiger partial charge on any atom is -0.484 e. The molecule has 118 valence electrons. The number of benzene rings is 1. The summed E-state index contributed by atoms with van der Waals surface area (Å²) in [5, 5.41) is 2.58. The Bertz CT molecular complexity index is 678. The molecule has 1 amide bonds. The van der Waals surface area contributed by atoms with E-state index in [4.69, 9.17) is 9.47 Å². The van der Waals surface area contributed by atoms with E-state index in [2.05, 4.69) is 22.1 Å². The zero-order valence-corrected chi connectivity index (χ0v) is 12.3. The van der Waals surface area contributed by atoms with Gasteiger partial charge in [0.05, 0.1) is 12.7 Å². The number of carbonyl (C=O) groups excluding carboxylic acids is 1. The molecule has 0 aliphatic carbocycles. The van der Waals surface area contributed by atoms with E-state index in [0.29, 0.717) is 11.5 Å². The Morgan fingerprint density at radius 1 is 1.13 bits per heavy atom. The number of halogens is 1. The fourth-order valence-corrected chi connectivity index (χ4v) is 1.54. The molecule has 0 saturated carbocycles. The average molecular weight is 314 g/mol. The van der Waals surface area contributed by atoms with Crippen molar-refractivity contribution in [3.05, 3.63) is 54.6 Å². The maximum Gasteiger partial charge on any atom is 0.258 e. The first-order valence-electron chi connectivity index (χ1n) is 6.87. The lowest BCUT2D eigenvalue weighted by atomic mass is 10.3. The molecule has 6 heteroatoms. The van der Waals surface area contributed by atoms with Crippen molar-refractivity contribution >= 4 is 5.91 Å². The number of nitrogens with one attached hydrogen (secondary N) is 1. The Hall–Kier alpha value is -3.07. The van der Waals surface area contributed by atoms with Crippen LogP contribution in [0.5, 0.6) is 11.5 Å². The summed E-state index contributed by atoms with van der Waals surface area (Å²) in [6.45, 7) is 0.259. The third-order valence-corrected chi connectivity index (χ3v) is 2.63. The molecule has 0 bridgehead atoms. The predicted octanol–water partition coefficient (Wildman–Crippen LogP) is 1.80. The SMILES string of the molecule is O=C(COc1ccc(F)cc1)NCC#CCOc1cccnc1. The Kier molecular flexibility index (Phi) is 6.42. The summed E-state index contributed by atoms with van der Waals surface area (Å²) < 4.78 is 23.2. The highest BCUT2D eigenvalue weighted by Crippen LogP contribution is 2.10. The van der Waals surface area contributed by atoms with Crippen molar-refractivity contribution in [1.82, 2.24) is 10.3 Å². The van der Waals surface area contributed by atoms with Gasteiger partial charge in [-0.15, -0.1) is 0 Å². The molecule has 0 spiro atoms. The molecule has 0 saturated heterocycles. The molecular weight excluding hydrogens is 299 g/mol. The Labute approximate surface area is 133 Å². The monoisotopic (exact) mass is 314 g/mol. The first kappa shape index (κ1) is 16.3. The maximum atomic E-state index is 12.7. The van der Waals surface area contributed by atoms with Crippen molar-refractivity contribution in [1.29, 1.82) is 0 Å². The van der Waals surface area contributed by atoms with Crippen LogP contribution in [-0.4, -0.2) is 30.6 Å². The molecule has 5 nitrogen and oxygen atoms in total. The van der Waals surface area contributed by atoms with Gasteiger partial charge in [-0.25, -0.2) is 4.39 Å². The van der Waals surface area contributed by atoms with Gasteiger partial charge in [0.2, 0.25) is 0 Å². The van der Waals surface area contributed by atoms with Crippen molar-refractivity contribution < 1.29 is 18.7 Å². The molecule has 1 N–H and O–H groups in total. The lowest BCUT2D eigenvalue weighted by Gasteiger charge is -2.05. The lowest BCUT2D eigenvalue weighted by molar-refractivity contribution is -0.122. The second-order valence-electron chi connectivity index (χ2n) is 4.35. The van der Waals surface area contributed by atoms with Gasteiger partial charge < -0.3 is 14.8 Å². The van der Waals surface area contributed by atoms with Crippen molar-refractivity contribution in [2.24, 2.45) is 0 Å². The number of hydrogen-bond donors (Lipinski definition) is 1. The van der Waals surface area contributed by atoms with Crippen molar-refractivity contribution in [2.75, 3.05) is 19.8 Å². The van der Waals surface area contributed by atoms with E-state index < -0.39 is 0 Å². The number of pyridine rings is 1. The molecule has 2 rings (SSSR count). The van der Waals surface area contributed by atoms with E-state index in [1.807, 2.05) is 0 Å². The standard InChI is InChI=1S/C17H15FN2O3/c18-14-5-7-15(8-6-14)23-13-17(21)20-10-1-2-11-22-16-4-3-9-19-12-16/h3-9,12H,10-11,13H2,(H,20,21). The summed E-state index contributed by atoms with van der Waals surface area (Å²) >= 11 is 0. The van der Waals surface area contributed by atoms with Crippen LogP contribution >= 0.6 is 0 Å². The molecule has 1 heterocycles. The van der Waals surface area contributed by atoms with E-state index in [1.54, 1.807) is 24.5 Å². The van der Waals surface area contributed by atoms with Gasteiger partial charge in [0, 0.05) is 6.20 Å². The maximum absolute atomic E-state index is 12.7. The number of nitrogens with zero attached hydrogens (tertiary/aromatic N) is 1. The van der Waals surface area contributed by atoms with Crippen LogP contribution in [0.2, 0.25) is 0 Å². The summed E-state index contributed by atoms with van der Waals surface area (Å²) in [6, 6.07) is 8.99. The van der Waals surface area contributed by atoms with Crippen LogP contribution in [0.1, 0.15) is 0 Å². The normalized spacial score (nSPS) is 9.43. The highest BCUT2D eigenvalue weighted by Gasteiger charge is 2.01. The first-order chi connectivity index (χ1) is 11.2. The van der Waals surface area contributed by atoms with Crippen LogP contribution in [-0.2, 0) is 4.79 Å². The number of hydrogen-bond acceptors (Lipinski definition) is 4. The first-order valence-corrected chi connectivity index (χ1v) is 6.87. The molecule has 0 aliphatic heterocycles. The second kappa shape index (κ2) is 9.05. The fourth-order valence-electron chi connectivity index (χ4n) is 1.54. The molecule has 1 aromatic heterocycles. The largest absolute Gasteiger partial charge is 0.484 e. The van der Waals surface area contributed by atoms with Crippen LogP contribution < -0.4 is 14.8 Å². The van der Waals surface area contributed by atoms with Gasteiger partial charge in [-0.2, -0.15) is 0 Å². The highest BCUT2D eigenvalue weighted by molar-refractivity contribution is 5.77. The molecule has 2 aromatic rings. The van der Waals surface area contributed by atoms with E-state index in [1.165, 1.54) is 24.3 Å². The summed E-state index contributed by atoms with van der Waals surface area (Å²) in [4.78, 5) is 15.4. The molecule has 0 atom stereocenters. The molecular formula is C17H15FN2O3. The summed E-state index contributed by atoms with van der Waals surface area (Å²) in [6.07, 6.45) is 3.25. The minimum atomic E-state index is -0.356. The molecule has 1 aromatic carbocycles. The Morgan fingerprint density at radius 2 is 1.96 bits per heavy atom. The molecule has 23 heavy (non-hydrogen) atoms. The smallest absolute Gasteiger partial charge is 0.258 e. The van der Waals surface area contributed by atoms with Crippen LogP contribution in [0, 0.1) is 17.7 Å². The molecule has 0 aliphatic rings. The van der Waals surface area contributed by atoms with Gasteiger partial charge in [-0.05, 0) is 36.4 Å². The van der Waals surface area contributed by atoms with E-state index >= 15 is 0 Å². The summed E-state index contributed by atoms with van der Waals surface area (Å²) in [5.41, 5.74) is 0. The van der Waals surface area contributed by atoms with E-state index in [-0.39, 0.29) is 31.5 Å². The van der Waals surface area contributed by atoms with Gasteiger partial charge in [-0.3, -0.25) is 9.78 Å². The fraction of sp³-hybridized carbons (Fsp3) is 0.176. The van der Waals surface area contributed by atoms with Crippen molar-refractivity contribution in [3.8, 4) is 23.3 Å². The number of carbonyl (C=O) groups is 1. The lowest BCUT2D eigenvalue weighted by Crippen LogP contribution is -2.29. The Morgan fingerprint density at radius 3 is 2.70 bits per heavy atom. The topological polar surface area (TPSA) is 60.5 Å². The average Bonchev–Trinajstić information content (AvgIpc) is 2.58. The number of rotatable bonds is 6.